The number of aliphatic hydroxyl groups excluding tert-OH is 1. The largest absolute Gasteiger partial charge is 0.395 e. The topological polar surface area (TPSA) is 35.5 Å². The summed E-state index contributed by atoms with van der Waals surface area (Å²) in [5.41, 5.74) is 0. The van der Waals surface area contributed by atoms with Gasteiger partial charge in [0.1, 0.15) is 0 Å². The lowest BCUT2D eigenvalue weighted by Crippen LogP contribution is -2.34. The predicted octanol–water partition coefficient (Wildman–Crippen LogP) is 2.15. The molecule has 2 N–H and O–H groups in total. The average molecular weight is 254 g/mol. The van der Waals surface area contributed by atoms with E-state index in [0.29, 0.717) is 12.6 Å². The maximum Gasteiger partial charge on any atom is 0.0586 e. The van der Waals surface area contributed by atoms with E-state index in [2.05, 4.69) is 10.2 Å². The molecule has 1 aliphatic carbocycles. The van der Waals surface area contributed by atoms with Gasteiger partial charge in [-0.05, 0) is 58.2 Å². The second-order valence-corrected chi connectivity index (χ2v) is 6.01. The fourth-order valence-electron chi connectivity index (χ4n) is 3.45. The minimum Gasteiger partial charge on any atom is -0.395 e. The molecule has 18 heavy (non-hydrogen) atoms. The van der Waals surface area contributed by atoms with Crippen LogP contribution in [-0.4, -0.2) is 48.3 Å². The highest BCUT2D eigenvalue weighted by Crippen LogP contribution is 2.18. The molecule has 0 bridgehead atoms. The Morgan fingerprint density at radius 3 is 2.61 bits per heavy atom. The van der Waals surface area contributed by atoms with Gasteiger partial charge in [-0.3, -0.25) is 4.90 Å². The number of likely N-dealkylation sites (tertiary alicyclic amines) is 1. The third-order valence-corrected chi connectivity index (χ3v) is 4.62. The summed E-state index contributed by atoms with van der Waals surface area (Å²) in [5.74, 6) is 0. The van der Waals surface area contributed by atoms with Crippen molar-refractivity contribution in [2.45, 2.75) is 69.9 Å². The van der Waals surface area contributed by atoms with E-state index in [1.807, 2.05) is 0 Å². The van der Waals surface area contributed by atoms with Crippen molar-refractivity contribution in [3.05, 3.63) is 0 Å². The lowest BCUT2D eigenvalue weighted by molar-refractivity contribution is 0.157. The minimum atomic E-state index is 0.348. The number of aliphatic hydroxyl groups is 1. The van der Waals surface area contributed by atoms with Gasteiger partial charge in [0.05, 0.1) is 6.61 Å². The van der Waals surface area contributed by atoms with Crippen LogP contribution in [0.3, 0.4) is 0 Å². The van der Waals surface area contributed by atoms with Crippen molar-refractivity contribution >= 4 is 0 Å². The highest BCUT2D eigenvalue weighted by Gasteiger charge is 2.22. The van der Waals surface area contributed by atoms with Crippen LogP contribution < -0.4 is 5.32 Å². The van der Waals surface area contributed by atoms with E-state index >= 15 is 0 Å². The Balaban J connectivity index is 1.48. The molecule has 1 saturated carbocycles. The van der Waals surface area contributed by atoms with Crippen LogP contribution in [0.15, 0.2) is 0 Å². The molecule has 106 valence electrons. The lowest BCUT2D eigenvalue weighted by atomic mass is 9.95. The van der Waals surface area contributed by atoms with E-state index in [4.69, 9.17) is 0 Å². The van der Waals surface area contributed by atoms with Gasteiger partial charge in [0.2, 0.25) is 0 Å². The fourth-order valence-corrected chi connectivity index (χ4v) is 3.45. The van der Waals surface area contributed by atoms with Crippen molar-refractivity contribution in [3.8, 4) is 0 Å². The molecule has 0 spiro atoms. The zero-order valence-electron chi connectivity index (χ0n) is 11.7. The molecule has 1 unspecified atom stereocenters. The van der Waals surface area contributed by atoms with Gasteiger partial charge in [0, 0.05) is 12.1 Å². The molecule has 0 radical (unpaired) electrons. The summed E-state index contributed by atoms with van der Waals surface area (Å²) in [6, 6.07) is 1.26. The molecule has 1 atom stereocenters. The standard InChI is InChI=1S/C15H30N2O/c18-13-15-9-6-12-17(15)11-5-4-10-16-14-7-2-1-3-8-14/h14-16,18H,1-13H2. The van der Waals surface area contributed by atoms with E-state index in [9.17, 15) is 5.11 Å². The number of unbranched alkanes of at least 4 members (excludes halogenated alkanes) is 1. The summed E-state index contributed by atoms with van der Waals surface area (Å²) in [6.07, 6.45) is 12.1. The molecule has 1 saturated heterocycles. The summed E-state index contributed by atoms with van der Waals surface area (Å²) in [4.78, 5) is 2.47. The fraction of sp³-hybridized carbons (Fsp3) is 1.00. The maximum absolute atomic E-state index is 9.26. The summed E-state index contributed by atoms with van der Waals surface area (Å²) >= 11 is 0. The van der Waals surface area contributed by atoms with Crippen molar-refractivity contribution < 1.29 is 5.11 Å². The maximum atomic E-state index is 9.26. The number of nitrogens with one attached hydrogen (secondary N) is 1. The summed E-state index contributed by atoms with van der Waals surface area (Å²) in [6.45, 7) is 3.90. The van der Waals surface area contributed by atoms with Crippen molar-refractivity contribution in [2.24, 2.45) is 0 Å². The third kappa shape index (κ3) is 4.52. The smallest absolute Gasteiger partial charge is 0.0586 e. The first kappa shape index (κ1) is 14.3. The molecule has 3 nitrogen and oxygen atoms in total. The lowest BCUT2D eigenvalue weighted by Gasteiger charge is -2.24. The Kier molecular flexibility index (Phi) is 6.46. The monoisotopic (exact) mass is 254 g/mol. The van der Waals surface area contributed by atoms with Gasteiger partial charge in [0.25, 0.3) is 0 Å². The first-order valence-electron chi connectivity index (χ1n) is 7.98. The molecule has 2 rings (SSSR count). The molecule has 2 aliphatic rings. The first-order chi connectivity index (χ1) is 8.90. The molecule has 0 aromatic rings. The number of nitrogens with zero attached hydrogens (tertiary/aromatic N) is 1. The molecule has 1 aliphatic heterocycles. The minimum absolute atomic E-state index is 0.348. The SMILES string of the molecule is OCC1CCCN1CCCCNC1CCCCC1. The van der Waals surface area contributed by atoms with Gasteiger partial charge in [0.15, 0.2) is 0 Å². The third-order valence-electron chi connectivity index (χ3n) is 4.62. The van der Waals surface area contributed by atoms with E-state index in [1.54, 1.807) is 0 Å². The van der Waals surface area contributed by atoms with Crippen LogP contribution >= 0.6 is 0 Å². The predicted molar refractivity (Wildman–Crippen MR) is 75.8 cm³/mol. The number of hydrogen-bond donors (Lipinski definition) is 2. The van der Waals surface area contributed by atoms with Crippen LogP contribution in [0.25, 0.3) is 0 Å². The van der Waals surface area contributed by atoms with E-state index in [0.717, 1.165) is 6.04 Å². The second-order valence-electron chi connectivity index (χ2n) is 6.01. The zero-order chi connectivity index (χ0) is 12.6. The summed E-state index contributed by atoms with van der Waals surface area (Å²) < 4.78 is 0. The van der Waals surface area contributed by atoms with Crippen molar-refractivity contribution in [2.75, 3.05) is 26.2 Å². The van der Waals surface area contributed by atoms with E-state index in [1.165, 1.54) is 77.4 Å². The van der Waals surface area contributed by atoms with E-state index < -0.39 is 0 Å². The quantitative estimate of drug-likeness (QED) is 0.683. The Hall–Kier alpha value is -0.120. The van der Waals surface area contributed by atoms with Crippen molar-refractivity contribution in [3.63, 3.8) is 0 Å². The molecule has 3 heteroatoms. The van der Waals surface area contributed by atoms with Crippen molar-refractivity contribution in [1.82, 2.24) is 10.2 Å². The van der Waals surface area contributed by atoms with Gasteiger partial charge in [-0.25, -0.2) is 0 Å². The van der Waals surface area contributed by atoms with Gasteiger partial charge in [-0.15, -0.1) is 0 Å². The molecule has 2 fully saturated rings. The average Bonchev–Trinajstić information content (AvgIpc) is 2.87. The number of rotatable bonds is 7. The molecule has 0 amide bonds. The number of hydrogen-bond acceptors (Lipinski definition) is 3. The van der Waals surface area contributed by atoms with Gasteiger partial charge in [-0.2, -0.15) is 0 Å². The van der Waals surface area contributed by atoms with Crippen LogP contribution in [0.2, 0.25) is 0 Å². The first-order valence-corrected chi connectivity index (χ1v) is 7.98. The van der Waals surface area contributed by atoms with Crippen LogP contribution in [0, 0.1) is 0 Å². The van der Waals surface area contributed by atoms with Crippen LogP contribution in [0.1, 0.15) is 57.8 Å². The summed E-state index contributed by atoms with van der Waals surface area (Å²) in [7, 11) is 0. The Morgan fingerprint density at radius 2 is 1.83 bits per heavy atom. The van der Waals surface area contributed by atoms with E-state index in [-0.39, 0.29) is 0 Å². The Bertz CT molecular complexity index is 217. The van der Waals surface area contributed by atoms with Gasteiger partial charge in [-0.1, -0.05) is 19.3 Å². The normalized spacial score (nSPS) is 26.8. The zero-order valence-corrected chi connectivity index (χ0v) is 11.7. The molecular formula is C15H30N2O. The van der Waals surface area contributed by atoms with Crippen LogP contribution in [0.4, 0.5) is 0 Å². The second kappa shape index (κ2) is 8.13. The highest BCUT2D eigenvalue weighted by atomic mass is 16.3. The molecule has 0 aromatic heterocycles. The molecule has 1 heterocycles. The molecular weight excluding hydrogens is 224 g/mol. The van der Waals surface area contributed by atoms with Crippen molar-refractivity contribution in [1.29, 1.82) is 0 Å². The molecule has 0 aromatic carbocycles. The highest BCUT2D eigenvalue weighted by molar-refractivity contribution is 4.78. The van der Waals surface area contributed by atoms with Gasteiger partial charge < -0.3 is 10.4 Å². The Morgan fingerprint density at radius 1 is 1.00 bits per heavy atom. The van der Waals surface area contributed by atoms with Crippen LogP contribution in [0.5, 0.6) is 0 Å². The Labute approximate surface area is 112 Å². The van der Waals surface area contributed by atoms with Crippen LogP contribution in [-0.2, 0) is 0 Å². The summed E-state index contributed by atoms with van der Waals surface area (Å²) in [5, 5.41) is 13.0. The van der Waals surface area contributed by atoms with Gasteiger partial charge >= 0.3 is 0 Å².